The standard InChI is InChI=1S/C19H18ClF3N4O4/c20-10-3-1-9(2-4-10)5-24-16-13-11(19(21,22)23)6-27(17(13)26-8-25-16)18-15(30)14(29)12(7-28)31-18/h1-4,6,8,12,14-15,18,28-30H,5,7H2,(H,24,25,26)/t12-,14-,15-,18-/m1/s1. The largest absolute Gasteiger partial charge is 0.418 e. The maximum atomic E-state index is 13.8. The molecule has 31 heavy (non-hydrogen) atoms. The first-order valence-corrected chi connectivity index (χ1v) is 9.62. The van der Waals surface area contributed by atoms with Crippen LogP contribution in [0.25, 0.3) is 11.0 Å². The minimum absolute atomic E-state index is 0.0576. The van der Waals surface area contributed by atoms with E-state index in [2.05, 4.69) is 15.3 Å². The SMILES string of the molecule is OC[C@H]1O[C@@H](n2cc(C(F)(F)F)c3c(NCc4ccc(Cl)cc4)ncnc32)[C@H](O)[C@@H]1O. The molecule has 1 fully saturated rings. The Morgan fingerprint density at radius 2 is 1.84 bits per heavy atom. The highest BCUT2D eigenvalue weighted by molar-refractivity contribution is 6.30. The van der Waals surface area contributed by atoms with Crippen molar-refractivity contribution >= 4 is 28.5 Å². The van der Waals surface area contributed by atoms with Crippen LogP contribution in [-0.2, 0) is 17.5 Å². The van der Waals surface area contributed by atoms with E-state index in [-0.39, 0.29) is 23.4 Å². The fraction of sp³-hybridized carbons (Fsp3) is 0.368. The number of rotatable bonds is 5. The number of nitrogens with one attached hydrogen (secondary N) is 1. The molecule has 2 aromatic heterocycles. The molecule has 4 N–H and O–H groups in total. The van der Waals surface area contributed by atoms with Crippen LogP contribution in [-0.4, -0.2) is 54.8 Å². The van der Waals surface area contributed by atoms with Gasteiger partial charge in [0.25, 0.3) is 0 Å². The average molecular weight is 459 g/mol. The van der Waals surface area contributed by atoms with Gasteiger partial charge in [0.1, 0.15) is 36.1 Å². The van der Waals surface area contributed by atoms with Crippen LogP contribution in [0.4, 0.5) is 19.0 Å². The van der Waals surface area contributed by atoms with Crippen LogP contribution in [0.2, 0.25) is 5.02 Å². The fourth-order valence-corrected chi connectivity index (χ4v) is 3.65. The lowest BCUT2D eigenvalue weighted by Gasteiger charge is -2.17. The molecule has 4 atom stereocenters. The van der Waals surface area contributed by atoms with Gasteiger partial charge in [-0.25, -0.2) is 9.97 Å². The van der Waals surface area contributed by atoms with E-state index in [9.17, 15) is 28.5 Å². The van der Waals surface area contributed by atoms with Crippen molar-refractivity contribution in [3.05, 3.63) is 52.9 Å². The van der Waals surface area contributed by atoms with Crippen molar-refractivity contribution in [2.45, 2.75) is 37.3 Å². The Bertz CT molecular complexity index is 1080. The number of aliphatic hydroxyl groups is 3. The number of anilines is 1. The Hall–Kier alpha value is -2.44. The first-order valence-electron chi connectivity index (χ1n) is 9.24. The Morgan fingerprint density at radius 3 is 2.45 bits per heavy atom. The van der Waals surface area contributed by atoms with Crippen molar-refractivity contribution in [2.75, 3.05) is 11.9 Å². The third-order valence-electron chi connectivity index (χ3n) is 5.08. The zero-order chi connectivity index (χ0) is 22.3. The number of ether oxygens (including phenoxy) is 1. The number of halogens is 4. The normalized spacial score (nSPS) is 24.1. The predicted octanol–water partition coefficient (Wildman–Crippen LogP) is 2.33. The zero-order valence-corrected chi connectivity index (χ0v) is 16.5. The van der Waals surface area contributed by atoms with Gasteiger partial charge in [0, 0.05) is 17.8 Å². The van der Waals surface area contributed by atoms with Crippen molar-refractivity contribution in [2.24, 2.45) is 0 Å². The number of hydrogen-bond acceptors (Lipinski definition) is 7. The molecule has 1 saturated heterocycles. The molecule has 3 aromatic rings. The molecule has 0 spiro atoms. The summed E-state index contributed by atoms with van der Waals surface area (Å²) in [6.45, 7) is -0.428. The molecule has 8 nitrogen and oxygen atoms in total. The van der Waals surface area contributed by atoms with E-state index in [1.165, 1.54) is 0 Å². The lowest BCUT2D eigenvalue weighted by atomic mass is 10.1. The van der Waals surface area contributed by atoms with E-state index in [0.717, 1.165) is 22.7 Å². The van der Waals surface area contributed by atoms with Gasteiger partial charge in [0.05, 0.1) is 17.6 Å². The lowest BCUT2D eigenvalue weighted by Crippen LogP contribution is -2.33. The molecule has 0 unspecified atom stereocenters. The first kappa shape index (κ1) is 21.8. The number of aliphatic hydroxyl groups excluding tert-OH is 3. The minimum Gasteiger partial charge on any atom is -0.394 e. The van der Waals surface area contributed by atoms with E-state index < -0.39 is 42.9 Å². The van der Waals surface area contributed by atoms with Gasteiger partial charge >= 0.3 is 6.18 Å². The van der Waals surface area contributed by atoms with E-state index in [1.807, 2.05) is 0 Å². The molecule has 0 saturated carbocycles. The van der Waals surface area contributed by atoms with Crippen molar-refractivity contribution < 1.29 is 33.2 Å². The molecular formula is C19H18ClF3N4O4. The van der Waals surface area contributed by atoms with E-state index in [4.69, 9.17) is 16.3 Å². The van der Waals surface area contributed by atoms with Crippen LogP contribution in [0.15, 0.2) is 36.8 Å². The molecule has 1 aliphatic rings. The summed E-state index contributed by atoms with van der Waals surface area (Å²) in [5, 5.41) is 32.6. The Kier molecular flexibility index (Phi) is 5.79. The molecule has 0 aliphatic carbocycles. The van der Waals surface area contributed by atoms with Crippen LogP contribution in [0.1, 0.15) is 17.4 Å². The van der Waals surface area contributed by atoms with E-state index >= 15 is 0 Å². The third-order valence-corrected chi connectivity index (χ3v) is 5.33. The molecule has 0 bridgehead atoms. The summed E-state index contributed by atoms with van der Waals surface area (Å²) in [5.41, 5.74) is -0.400. The van der Waals surface area contributed by atoms with Gasteiger partial charge in [-0.3, -0.25) is 0 Å². The van der Waals surface area contributed by atoms with Gasteiger partial charge in [-0.1, -0.05) is 23.7 Å². The Balaban J connectivity index is 1.76. The van der Waals surface area contributed by atoms with Crippen LogP contribution >= 0.6 is 11.6 Å². The Morgan fingerprint density at radius 1 is 1.13 bits per heavy atom. The number of aromatic nitrogens is 3. The second-order valence-electron chi connectivity index (χ2n) is 7.08. The summed E-state index contributed by atoms with van der Waals surface area (Å²) in [7, 11) is 0. The van der Waals surface area contributed by atoms with Gasteiger partial charge in [-0.15, -0.1) is 0 Å². The van der Waals surface area contributed by atoms with Crippen LogP contribution in [0.5, 0.6) is 0 Å². The van der Waals surface area contributed by atoms with Gasteiger partial charge in [0.15, 0.2) is 6.23 Å². The quantitative estimate of drug-likeness (QED) is 0.464. The minimum atomic E-state index is -4.75. The lowest BCUT2D eigenvalue weighted by molar-refractivity contribution is -0.136. The number of nitrogens with zero attached hydrogens (tertiary/aromatic N) is 3. The molecule has 1 aromatic carbocycles. The maximum Gasteiger partial charge on any atom is 0.418 e. The molecule has 12 heteroatoms. The molecule has 1 aliphatic heterocycles. The van der Waals surface area contributed by atoms with Crippen LogP contribution in [0.3, 0.4) is 0 Å². The van der Waals surface area contributed by atoms with Crippen molar-refractivity contribution in [1.82, 2.24) is 14.5 Å². The summed E-state index contributed by atoms with van der Waals surface area (Å²) < 4.78 is 47.8. The first-order chi connectivity index (χ1) is 14.7. The third kappa shape index (κ3) is 4.06. The predicted molar refractivity (Wildman–Crippen MR) is 104 cm³/mol. The summed E-state index contributed by atoms with van der Waals surface area (Å²) >= 11 is 5.85. The van der Waals surface area contributed by atoms with Gasteiger partial charge < -0.3 is 29.9 Å². The number of hydrogen-bond donors (Lipinski definition) is 4. The molecule has 0 amide bonds. The summed E-state index contributed by atoms with van der Waals surface area (Å²) in [4.78, 5) is 7.92. The monoisotopic (exact) mass is 458 g/mol. The molecule has 4 rings (SSSR count). The van der Waals surface area contributed by atoms with E-state index in [0.29, 0.717) is 5.02 Å². The van der Waals surface area contributed by atoms with Crippen LogP contribution < -0.4 is 5.32 Å². The molecular weight excluding hydrogens is 441 g/mol. The number of alkyl halides is 3. The zero-order valence-electron chi connectivity index (χ0n) is 15.8. The van der Waals surface area contributed by atoms with E-state index in [1.54, 1.807) is 24.3 Å². The van der Waals surface area contributed by atoms with Gasteiger partial charge in [-0.05, 0) is 17.7 Å². The Labute approximate surface area is 178 Å². The second kappa shape index (κ2) is 8.24. The summed E-state index contributed by atoms with van der Waals surface area (Å²) in [5.74, 6) is -0.0576. The highest BCUT2D eigenvalue weighted by Crippen LogP contribution is 2.41. The summed E-state index contributed by atoms with van der Waals surface area (Å²) in [6.07, 6.45) is -8.44. The highest BCUT2D eigenvalue weighted by atomic mass is 35.5. The van der Waals surface area contributed by atoms with Crippen molar-refractivity contribution in [3.63, 3.8) is 0 Å². The smallest absolute Gasteiger partial charge is 0.394 e. The fourth-order valence-electron chi connectivity index (χ4n) is 3.53. The molecule has 0 radical (unpaired) electrons. The molecule has 3 heterocycles. The van der Waals surface area contributed by atoms with Crippen LogP contribution in [0, 0.1) is 0 Å². The maximum absolute atomic E-state index is 13.8. The summed E-state index contributed by atoms with van der Waals surface area (Å²) in [6, 6.07) is 6.77. The highest BCUT2D eigenvalue weighted by Gasteiger charge is 2.45. The van der Waals surface area contributed by atoms with Crippen molar-refractivity contribution in [3.8, 4) is 0 Å². The number of fused-ring (bicyclic) bond motifs is 1. The second-order valence-corrected chi connectivity index (χ2v) is 7.51. The number of benzene rings is 1. The average Bonchev–Trinajstić information content (AvgIpc) is 3.26. The molecule has 166 valence electrons. The topological polar surface area (TPSA) is 113 Å². The van der Waals surface area contributed by atoms with Gasteiger partial charge in [0.2, 0.25) is 0 Å². The van der Waals surface area contributed by atoms with Crippen molar-refractivity contribution in [1.29, 1.82) is 0 Å². The van der Waals surface area contributed by atoms with Gasteiger partial charge in [-0.2, -0.15) is 13.2 Å².